The largest absolute Gasteiger partial charge is 0.494 e. The normalized spacial score (nSPS) is 11.1. The second-order valence-corrected chi connectivity index (χ2v) is 4.41. The van der Waals surface area contributed by atoms with Crippen LogP contribution in [0.5, 0.6) is 5.75 Å². The van der Waals surface area contributed by atoms with Gasteiger partial charge < -0.3 is 15.0 Å². The first-order chi connectivity index (χ1) is 9.19. The van der Waals surface area contributed by atoms with E-state index in [4.69, 9.17) is 10.5 Å². The van der Waals surface area contributed by atoms with E-state index in [1.807, 2.05) is 42.2 Å². The lowest BCUT2D eigenvalue weighted by molar-refractivity contribution is 0.419. The molecule has 0 aliphatic heterocycles. The molecule has 0 atom stereocenters. The number of ether oxygens (including phenoxy) is 1. The predicted octanol–water partition coefficient (Wildman–Crippen LogP) is 1.41. The first kappa shape index (κ1) is 11.6. The van der Waals surface area contributed by atoms with E-state index in [0.29, 0.717) is 12.5 Å². The van der Waals surface area contributed by atoms with Crippen molar-refractivity contribution in [1.29, 1.82) is 0 Å². The van der Waals surface area contributed by atoms with Crippen molar-refractivity contribution >= 4 is 17.0 Å². The Kier molecular flexibility index (Phi) is 2.63. The number of nitrogens with zero attached hydrogens (tertiary/aromatic N) is 4. The maximum atomic E-state index is 6.00. The summed E-state index contributed by atoms with van der Waals surface area (Å²) in [5, 5.41) is 4.16. The summed E-state index contributed by atoms with van der Waals surface area (Å²) >= 11 is 0. The smallest absolute Gasteiger partial charge is 0.201 e. The number of nitrogens with two attached hydrogens (primary N) is 1. The van der Waals surface area contributed by atoms with Crippen LogP contribution in [0.3, 0.4) is 0 Å². The average Bonchev–Trinajstić information content (AvgIpc) is 2.94. The Labute approximate surface area is 110 Å². The minimum Gasteiger partial charge on any atom is -0.494 e. The third-order valence-electron chi connectivity index (χ3n) is 3.09. The Balaban J connectivity index is 2.10. The van der Waals surface area contributed by atoms with E-state index in [2.05, 4.69) is 10.1 Å². The SMILES string of the molecule is COc1cccc2c1nc(N)n2Cc1cnn(C)c1. The molecule has 0 radical (unpaired) electrons. The summed E-state index contributed by atoms with van der Waals surface area (Å²) in [4.78, 5) is 4.38. The molecule has 3 rings (SSSR count). The van der Waals surface area contributed by atoms with Gasteiger partial charge in [-0.2, -0.15) is 5.10 Å². The van der Waals surface area contributed by atoms with Crippen LogP contribution in [0.4, 0.5) is 5.95 Å². The zero-order valence-corrected chi connectivity index (χ0v) is 10.9. The van der Waals surface area contributed by atoms with Gasteiger partial charge in [-0.05, 0) is 12.1 Å². The maximum Gasteiger partial charge on any atom is 0.201 e. The number of aromatic nitrogens is 4. The number of hydrogen-bond donors (Lipinski definition) is 1. The van der Waals surface area contributed by atoms with E-state index in [1.54, 1.807) is 11.8 Å². The molecular weight excluding hydrogens is 242 g/mol. The van der Waals surface area contributed by atoms with Gasteiger partial charge in [0.15, 0.2) is 0 Å². The van der Waals surface area contributed by atoms with E-state index in [1.165, 1.54) is 0 Å². The van der Waals surface area contributed by atoms with Crippen LogP contribution in [0, 0.1) is 0 Å². The van der Waals surface area contributed by atoms with Crippen molar-refractivity contribution in [2.75, 3.05) is 12.8 Å². The second-order valence-electron chi connectivity index (χ2n) is 4.41. The van der Waals surface area contributed by atoms with E-state index in [0.717, 1.165) is 22.3 Å². The first-order valence-corrected chi connectivity index (χ1v) is 5.95. The number of imidazole rings is 1. The fourth-order valence-corrected chi connectivity index (χ4v) is 2.21. The lowest BCUT2D eigenvalue weighted by atomic mass is 10.3. The summed E-state index contributed by atoms with van der Waals surface area (Å²) < 4.78 is 9.02. The second kappa shape index (κ2) is 4.31. The van der Waals surface area contributed by atoms with E-state index in [9.17, 15) is 0 Å². The van der Waals surface area contributed by atoms with Gasteiger partial charge in [-0.3, -0.25) is 4.68 Å². The molecule has 0 unspecified atom stereocenters. The number of para-hydroxylation sites is 1. The Morgan fingerprint density at radius 1 is 1.37 bits per heavy atom. The number of anilines is 1. The summed E-state index contributed by atoms with van der Waals surface area (Å²) in [6.45, 7) is 0.642. The molecule has 1 aromatic carbocycles. The zero-order valence-electron chi connectivity index (χ0n) is 10.9. The molecule has 6 nitrogen and oxygen atoms in total. The van der Waals surface area contributed by atoms with Crippen LogP contribution >= 0.6 is 0 Å². The number of benzene rings is 1. The topological polar surface area (TPSA) is 70.9 Å². The van der Waals surface area contributed by atoms with Gasteiger partial charge in [0.1, 0.15) is 11.3 Å². The van der Waals surface area contributed by atoms with Gasteiger partial charge in [-0.25, -0.2) is 4.98 Å². The Bertz CT molecular complexity index is 728. The van der Waals surface area contributed by atoms with Gasteiger partial charge in [-0.1, -0.05) is 6.07 Å². The highest BCUT2D eigenvalue weighted by atomic mass is 16.5. The third kappa shape index (κ3) is 1.91. The van der Waals surface area contributed by atoms with Crippen molar-refractivity contribution in [3.63, 3.8) is 0 Å². The number of hydrogen-bond acceptors (Lipinski definition) is 4. The summed E-state index contributed by atoms with van der Waals surface area (Å²) in [5.74, 6) is 1.21. The molecule has 0 saturated heterocycles. The monoisotopic (exact) mass is 257 g/mol. The van der Waals surface area contributed by atoms with Crippen molar-refractivity contribution in [2.45, 2.75) is 6.54 Å². The molecule has 2 aromatic heterocycles. The molecule has 2 heterocycles. The van der Waals surface area contributed by atoms with Crippen molar-refractivity contribution in [1.82, 2.24) is 19.3 Å². The fraction of sp³-hybridized carbons (Fsp3) is 0.231. The number of aryl methyl sites for hydroxylation is 1. The molecule has 0 spiro atoms. The lowest BCUT2D eigenvalue weighted by Gasteiger charge is -2.05. The molecule has 3 aromatic rings. The van der Waals surface area contributed by atoms with E-state index < -0.39 is 0 Å². The fourth-order valence-electron chi connectivity index (χ4n) is 2.21. The highest BCUT2D eigenvalue weighted by Crippen LogP contribution is 2.27. The summed E-state index contributed by atoms with van der Waals surface area (Å²) in [5.41, 5.74) is 8.82. The standard InChI is InChI=1S/C13H15N5O/c1-17-7-9(6-15-17)8-18-10-4-3-5-11(19-2)12(10)16-13(18)14/h3-7H,8H2,1-2H3,(H2,14,16). The minimum absolute atomic E-state index is 0.475. The maximum absolute atomic E-state index is 6.00. The van der Waals surface area contributed by atoms with Crippen LogP contribution in [0.2, 0.25) is 0 Å². The van der Waals surface area contributed by atoms with Crippen LogP contribution in [-0.4, -0.2) is 26.4 Å². The van der Waals surface area contributed by atoms with Gasteiger partial charge in [0.05, 0.1) is 25.4 Å². The van der Waals surface area contributed by atoms with Crippen molar-refractivity contribution in [3.05, 3.63) is 36.2 Å². The molecular formula is C13H15N5O. The minimum atomic E-state index is 0.475. The van der Waals surface area contributed by atoms with Crippen LogP contribution < -0.4 is 10.5 Å². The van der Waals surface area contributed by atoms with Crippen molar-refractivity contribution in [3.8, 4) is 5.75 Å². The van der Waals surface area contributed by atoms with Crippen molar-refractivity contribution < 1.29 is 4.74 Å². The number of nitrogen functional groups attached to an aromatic ring is 1. The van der Waals surface area contributed by atoms with Crippen LogP contribution in [0.25, 0.3) is 11.0 Å². The van der Waals surface area contributed by atoms with Gasteiger partial charge in [-0.15, -0.1) is 0 Å². The molecule has 2 N–H and O–H groups in total. The molecule has 0 bridgehead atoms. The first-order valence-electron chi connectivity index (χ1n) is 5.95. The van der Waals surface area contributed by atoms with E-state index >= 15 is 0 Å². The van der Waals surface area contributed by atoms with Crippen LogP contribution in [0.15, 0.2) is 30.6 Å². The third-order valence-corrected chi connectivity index (χ3v) is 3.09. The van der Waals surface area contributed by atoms with Gasteiger partial charge in [0, 0.05) is 18.8 Å². The Morgan fingerprint density at radius 3 is 2.89 bits per heavy atom. The van der Waals surface area contributed by atoms with Gasteiger partial charge in [0.25, 0.3) is 0 Å². The van der Waals surface area contributed by atoms with E-state index in [-0.39, 0.29) is 0 Å². The molecule has 0 aliphatic carbocycles. The molecule has 98 valence electrons. The summed E-state index contributed by atoms with van der Waals surface area (Å²) in [6, 6.07) is 5.79. The highest BCUT2D eigenvalue weighted by Gasteiger charge is 2.12. The number of fused-ring (bicyclic) bond motifs is 1. The molecule has 0 aliphatic rings. The Hall–Kier alpha value is -2.50. The molecule has 0 saturated carbocycles. The Morgan fingerprint density at radius 2 is 2.21 bits per heavy atom. The molecule has 0 amide bonds. The highest BCUT2D eigenvalue weighted by molar-refractivity contribution is 5.84. The zero-order chi connectivity index (χ0) is 13.4. The van der Waals surface area contributed by atoms with Gasteiger partial charge in [0.2, 0.25) is 5.95 Å². The average molecular weight is 257 g/mol. The number of rotatable bonds is 3. The number of methoxy groups -OCH3 is 1. The van der Waals surface area contributed by atoms with Gasteiger partial charge >= 0.3 is 0 Å². The molecule has 0 fully saturated rings. The summed E-state index contributed by atoms with van der Waals surface area (Å²) in [6.07, 6.45) is 3.79. The molecule has 6 heteroatoms. The lowest BCUT2D eigenvalue weighted by Crippen LogP contribution is -2.03. The van der Waals surface area contributed by atoms with Crippen LogP contribution in [-0.2, 0) is 13.6 Å². The quantitative estimate of drug-likeness (QED) is 0.770. The van der Waals surface area contributed by atoms with Crippen molar-refractivity contribution in [2.24, 2.45) is 7.05 Å². The molecule has 19 heavy (non-hydrogen) atoms. The van der Waals surface area contributed by atoms with Crippen LogP contribution in [0.1, 0.15) is 5.56 Å². The summed E-state index contributed by atoms with van der Waals surface area (Å²) in [7, 11) is 3.52. The predicted molar refractivity (Wildman–Crippen MR) is 73.0 cm³/mol.